The van der Waals surface area contributed by atoms with Crippen LogP contribution in [0.3, 0.4) is 0 Å². The van der Waals surface area contributed by atoms with Crippen molar-refractivity contribution >= 4 is 22.9 Å². The van der Waals surface area contributed by atoms with Gasteiger partial charge in [0, 0.05) is 25.8 Å². The quantitative estimate of drug-likeness (QED) is 0.873. The highest BCUT2D eigenvalue weighted by Gasteiger charge is 2.08. The molecule has 0 fully saturated rings. The number of aryl methyl sites for hydroxylation is 1. The van der Waals surface area contributed by atoms with Crippen LogP contribution in [0.15, 0.2) is 42.5 Å². The molecule has 2 rings (SSSR count). The van der Waals surface area contributed by atoms with Gasteiger partial charge >= 0.3 is 0 Å². The molecule has 0 spiro atoms. The zero-order valence-electron chi connectivity index (χ0n) is 11.9. The van der Waals surface area contributed by atoms with Gasteiger partial charge in [-0.1, -0.05) is 24.4 Å². The first kappa shape index (κ1) is 14.3. The highest BCUT2D eigenvalue weighted by Crippen LogP contribution is 2.28. The Bertz CT molecular complexity index is 638. The topological polar surface area (TPSA) is 38.5 Å². The van der Waals surface area contributed by atoms with Gasteiger partial charge in [-0.05, 0) is 36.8 Å². The molecule has 104 valence electrons. The molecule has 0 aliphatic carbocycles. The number of nitrogens with two attached hydrogens (primary N) is 1. The van der Waals surface area contributed by atoms with Crippen molar-refractivity contribution in [3.05, 3.63) is 53.6 Å². The van der Waals surface area contributed by atoms with E-state index < -0.39 is 0 Å². The van der Waals surface area contributed by atoms with Crippen LogP contribution < -0.4 is 15.4 Å². The van der Waals surface area contributed by atoms with Crippen LogP contribution in [-0.4, -0.2) is 19.1 Å². The lowest BCUT2D eigenvalue weighted by atomic mass is 10.1. The zero-order chi connectivity index (χ0) is 14.7. The van der Waals surface area contributed by atoms with Crippen LogP contribution in [0, 0.1) is 6.92 Å². The second-order valence-electron chi connectivity index (χ2n) is 4.86. The van der Waals surface area contributed by atoms with E-state index >= 15 is 0 Å². The van der Waals surface area contributed by atoms with E-state index in [1.165, 1.54) is 0 Å². The normalized spacial score (nSPS) is 10.2. The van der Waals surface area contributed by atoms with Crippen molar-refractivity contribution in [1.82, 2.24) is 0 Å². The number of ether oxygens (including phenoxy) is 1. The molecule has 0 atom stereocenters. The molecule has 0 heterocycles. The van der Waals surface area contributed by atoms with E-state index in [4.69, 9.17) is 22.7 Å². The van der Waals surface area contributed by atoms with Gasteiger partial charge in [0.15, 0.2) is 0 Å². The maximum Gasteiger partial charge on any atom is 0.137 e. The van der Waals surface area contributed by atoms with Gasteiger partial charge in [-0.3, -0.25) is 0 Å². The fourth-order valence-electron chi connectivity index (χ4n) is 1.87. The van der Waals surface area contributed by atoms with Gasteiger partial charge in [0.05, 0.1) is 5.56 Å². The zero-order valence-corrected chi connectivity index (χ0v) is 12.7. The van der Waals surface area contributed by atoms with Gasteiger partial charge in [0.2, 0.25) is 0 Å². The number of nitrogens with zero attached hydrogens (tertiary/aromatic N) is 1. The summed E-state index contributed by atoms with van der Waals surface area (Å²) in [4.78, 5) is 2.36. The highest BCUT2D eigenvalue weighted by atomic mass is 32.1. The van der Waals surface area contributed by atoms with Crippen LogP contribution >= 0.6 is 12.2 Å². The molecule has 2 aromatic rings. The number of rotatable bonds is 4. The summed E-state index contributed by atoms with van der Waals surface area (Å²) in [5, 5.41) is 0. The summed E-state index contributed by atoms with van der Waals surface area (Å²) in [5.41, 5.74) is 8.67. The molecule has 0 aliphatic rings. The summed E-state index contributed by atoms with van der Waals surface area (Å²) in [6.45, 7) is 2.01. The second-order valence-corrected chi connectivity index (χ2v) is 5.30. The number of benzene rings is 2. The van der Waals surface area contributed by atoms with Crippen LogP contribution in [0.1, 0.15) is 11.1 Å². The van der Waals surface area contributed by atoms with Crippen molar-refractivity contribution in [2.24, 2.45) is 5.73 Å². The van der Waals surface area contributed by atoms with Gasteiger partial charge < -0.3 is 15.4 Å². The summed E-state index contributed by atoms with van der Waals surface area (Å²) < 4.78 is 5.95. The molecule has 2 N–H and O–H groups in total. The molecule has 0 saturated heterocycles. The third kappa shape index (κ3) is 3.27. The molecule has 0 saturated carbocycles. The van der Waals surface area contributed by atoms with Crippen molar-refractivity contribution < 1.29 is 4.74 Å². The Morgan fingerprint density at radius 2 is 1.90 bits per heavy atom. The molecule has 0 radical (unpaired) electrons. The van der Waals surface area contributed by atoms with E-state index in [0.29, 0.717) is 10.7 Å². The van der Waals surface area contributed by atoms with E-state index in [-0.39, 0.29) is 0 Å². The summed E-state index contributed by atoms with van der Waals surface area (Å²) in [7, 11) is 3.98. The number of hydrogen-bond acceptors (Lipinski definition) is 3. The first-order chi connectivity index (χ1) is 9.47. The van der Waals surface area contributed by atoms with Crippen molar-refractivity contribution in [2.45, 2.75) is 6.92 Å². The monoisotopic (exact) mass is 286 g/mol. The van der Waals surface area contributed by atoms with Crippen LogP contribution in [0.4, 0.5) is 5.69 Å². The van der Waals surface area contributed by atoms with Crippen molar-refractivity contribution in [3.8, 4) is 11.5 Å². The Kier molecular flexibility index (Phi) is 4.25. The average molecular weight is 286 g/mol. The van der Waals surface area contributed by atoms with Gasteiger partial charge in [-0.15, -0.1) is 0 Å². The average Bonchev–Trinajstić information content (AvgIpc) is 2.38. The third-order valence-corrected chi connectivity index (χ3v) is 3.18. The first-order valence-electron chi connectivity index (χ1n) is 6.33. The molecule has 3 nitrogen and oxygen atoms in total. The fourth-order valence-corrected chi connectivity index (χ4v) is 2.04. The minimum absolute atomic E-state index is 0.337. The van der Waals surface area contributed by atoms with Crippen LogP contribution in [0.5, 0.6) is 11.5 Å². The number of anilines is 1. The molecule has 0 aliphatic heterocycles. The molecule has 0 unspecified atom stereocenters. The minimum Gasteiger partial charge on any atom is -0.457 e. The van der Waals surface area contributed by atoms with Gasteiger partial charge in [-0.25, -0.2) is 0 Å². The van der Waals surface area contributed by atoms with Crippen molar-refractivity contribution in [3.63, 3.8) is 0 Å². The Labute approximate surface area is 125 Å². The molecule has 0 amide bonds. The lowest BCUT2D eigenvalue weighted by molar-refractivity contribution is 0.481. The summed E-state index contributed by atoms with van der Waals surface area (Å²) in [6, 6.07) is 13.7. The SMILES string of the molecule is Cc1ccc(C(N)=S)c(Oc2cccc(N(C)C)c2)c1. The standard InChI is InChI=1S/C16H18N2OS/c1-11-7-8-14(16(17)20)15(9-11)19-13-6-4-5-12(10-13)18(2)3/h4-10H,1-3H3,(H2,17,20). The molecule has 0 aromatic heterocycles. The minimum atomic E-state index is 0.337. The Hall–Kier alpha value is -2.07. The van der Waals surface area contributed by atoms with Gasteiger partial charge in [-0.2, -0.15) is 0 Å². The molecular weight excluding hydrogens is 268 g/mol. The Morgan fingerprint density at radius 1 is 1.15 bits per heavy atom. The lowest BCUT2D eigenvalue weighted by Gasteiger charge is -2.15. The Balaban J connectivity index is 2.36. The smallest absolute Gasteiger partial charge is 0.137 e. The lowest BCUT2D eigenvalue weighted by Crippen LogP contribution is -2.11. The van der Waals surface area contributed by atoms with Gasteiger partial charge in [0.1, 0.15) is 16.5 Å². The summed E-state index contributed by atoms with van der Waals surface area (Å²) in [6.07, 6.45) is 0. The van der Waals surface area contributed by atoms with E-state index in [2.05, 4.69) is 0 Å². The number of thiocarbonyl (C=S) groups is 1. The summed E-state index contributed by atoms with van der Waals surface area (Å²) >= 11 is 5.07. The molecule has 2 aromatic carbocycles. The molecule has 4 heteroatoms. The van der Waals surface area contributed by atoms with Crippen LogP contribution in [-0.2, 0) is 0 Å². The highest BCUT2D eigenvalue weighted by molar-refractivity contribution is 7.80. The first-order valence-corrected chi connectivity index (χ1v) is 6.74. The third-order valence-electron chi connectivity index (χ3n) is 2.96. The van der Waals surface area contributed by atoms with E-state index in [1.54, 1.807) is 0 Å². The molecule has 20 heavy (non-hydrogen) atoms. The van der Waals surface area contributed by atoms with E-state index in [9.17, 15) is 0 Å². The fraction of sp³-hybridized carbons (Fsp3) is 0.188. The molecule has 0 bridgehead atoms. The van der Waals surface area contributed by atoms with Crippen molar-refractivity contribution in [1.29, 1.82) is 0 Å². The van der Waals surface area contributed by atoms with E-state index in [0.717, 1.165) is 22.6 Å². The van der Waals surface area contributed by atoms with E-state index in [1.807, 2.05) is 68.4 Å². The summed E-state index contributed by atoms with van der Waals surface area (Å²) in [5.74, 6) is 1.45. The van der Waals surface area contributed by atoms with Crippen molar-refractivity contribution in [2.75, 3.05) is 19.0 Å². The van der Waals surface area contributed by atoms with Gasteiger partial charge in [0.25, 0.3) is 0 Å². The largest absolute Gasteiger partial charge is 0.457 e. The maximum absolute atomic E-state index is 5.95. The second kappa shape index (κ2) is 5.92. The maximum atomic E-state index is 5.95. The Morgan fingerprint density at radius 3 is 2.55 bits per heavy atom. The van der Waals surface area contributed by atoms with Crippen LogP contribution in [0.25, 0.3) is 0 Å². The molecular formula is C16H18N2OS. The van der Waals surface area contributed by atoms with Crippen LogP contribution in [0.2, 0.25) is 0 Å². The number of hydrogen-bond donors (Lipinski definition) is 1. The predicted octanol–water partition coefficient (Wildman–Crippen LogP) is 3.49. The predicted molar refractivity (Wildman–Crippen MR) is 87.9 cm³/mol.